The molecule has 0 aliphatic rings. The van der Waals surface area contributed by atoms with E-state index in [1.807, 2.05) is 6.92 Å². The van der Waals surface area contributed by atoms with Crippen molar-refractivity contribution < 1.29 is 17.9 Å². The molecule has 0 radical (unpaired) electrons. The summed E-state index contributed by atoms with van der Waals surface area (Å²) < 4.78 is 27.4. The Bertz CT molecular complexity index is 538. The lowest BCUT2D eigenvalue weighted by molar-refractivity contribution is 0.0874. The second-order valence-electron chi connectivity index (χ2n) is 3.73. The van der Waals surface area contributed by atoms with Crippen molar-refractivity contribution in [3.8, 4) is 0 Å². The van der Waals surface area contributed by atoms with Crippen LogP contribution in [-0.4, -0.2) is 34.1 Å². The standard InChI is InChI=1S/C10H14ClNO4S2/c1-6(16-3)5-12-10(13)8-4-9(7(2)17-8)18(11,14)15/h4,6H,5H2,1-3H3,(H,12,13). The lowest BCUT2D eigenvalue weighted by atomic mass is 10.3. The number of nitrogens with one attached hydrogen (secondary N) is 1. The fourth-order valence-corrected chi connectivity index (χ4v) is 3.81. The van der Waals surface area contributed by atoms with Crippen LogP contribution in [0.1, 0.15) is 21.5 Å². The number of rotatable bonds is 5. The highest BCUT2D eigenvalue weighted by molar-refractivity contribution is 8.13. The molecule has 1 rings (SSSR count). The van der Waals surface area contributed by atoms with Crippen molar-refractivity contribution in [2.24, 2.45) is 0 Å². The van der Waals surface area contributed by atoms with Crippen LogP contribution in [0, 0.1) is 6.92 Å². The molecule has 1 heterocycles. The van der Waals surface area contributed by atoms with E-state index < -0.39 is 9.05 Å². The molecule has 1 aromatic rings. The number of thiophene rings is 1. The predicted molar refractivity (Wildman–Crippen MR) is 70.9 cm³/mol. The van der Waals surface area contributed by atoms with Crippen LogP contribution in [0.5, 0.6) is 0 Å². The number of carbonyl (C=O) groups excluding carboxylic acids is 1. The van der Waals surface area contributed by atoms with Gasteiger partial charge in [-0.25, -0.2) is 8.42 Å². The van der Waals surface area contributed by atoms with Crippen molar-refractivity contribution in [2.75, 3.05) is 13.7 Å². The molecule has 0 saturated carbocycles. The van der Waals surface area contributed by atoms with E-state index in [2.05, 4.69) is 5.32 Å². The molecule has 0 bridgehead atoms. The zero-order valence-corrected chi connectivity index (χ0v) is 12.6. The third-order valence-corrected chi connectivity index (χ3v) is 4.94. The summed E-state index contributed by atoms with van der Waals surface area (Å²) in [6, 6.07) is 1.29. The Hall–Kier alpha value is -0.630. The quantitative estimate of drug-likeness (QED) is 0.841. The fourth-order valence-electron chi connectivity index (χ4n) is 1.23. The van der Waals surface area contributed by atoms with Crippen LogP contribution in [0.2, 0.25) is 0 Å². The number of hydrogen-bond acceptors (Lipinski definition) is 5. The minimum atomic E-state index is -3.80. The zero-order valence-electron chi connectivity index (χ0n) is 10.2. The van der Waals surface area contributed by atoms with Crippen LogP contribution in [0.25, 0.3) is 0 Å². The summed E-state index contributed by atoms with van der Waals surface area (Å²) in [7, 11) is 3.00. The van der Waals surface area contributed by atoms with Gasteiger partial charge in [-0.1, -0.05) is 0 Å². The van der Waals surface area contributed by atoms with Gasteiger partial charge in [0, 0.05) is 29.2 Å². The molecule has 0 spiro atoms. The highest BCUT2D eigenvalue weighted by Gasteiger charge is 2.20. The first kappa shape index (κ1) is 15.4. The molecular weight excluding hydrogens is 298 g/mol. The number of methoxy groups -OCH3 is 1. The van der Waals surface area contributed by atoms with E-state index in [1.165, 1.54) is 6.07 Å². The van der Waals surface area contributed by atoms with E-state index in [0.717, 1.165) is 11.3 Å². The Morgan fingerprint density at radius 1 is 1.61 bits per heavy atom. The largest absolute Gasteiger partial charge is 0.380 e. The average molecular weight is 312 g/mol. The maximum Gasteiger partial charge on any atom is 0.262 e. The Morgan fingerprint density at radius 2 is 2.22 bits per heavy atom. The minimum Gasteiger partial charge on any atom is -0.380 e. The van der Waals surface area contributed by atoms with Gasteiger partial charge in [-0.05, 0) is 19.9 Å². The topological polar surface area (TPSA) is 72.5 Å². The molecule has 1 amide bonds. The molecule has 5 nitrogen and oxygen atoms in total. The summed E-state index contributed by atoms with van der Waals surface area (Å²) in [6.45, 7) is 3.78. The van der Waals surface area contributed by atoms with Gasteiger partial charge >= 0.3 is 0 Å². The molecule has 1 unspecified atom stereocenters. The van der Waals surface area contributed by atoms with Crippen molar-refractivity contribution in [3.05, 3.63) is 15.8 Å². The van der Waals surface area contributed by atoms with Crippen LogP contribution in [-0.2, 0) is 13.8 Å². The van der Waals surface area contributed by atoms with Gasteiger partial charge in [-0.3, -0.25) is 4.79 Å². The zero-order chi connectivity index (χ0) is 13.9. The number of halogens is 1. The highest BCUT2D eigenvalue weighted by atomic mass is 35.7. The molecule has 102 valence electrons. The molecular formula is C10H14ClNO4S2. The van der Waals surface area contributed by atoms with Crippen molar-refractivity contribution in [1.29, 1.82) is 0 Å². The molecule has 1 N–H and O–H groups in total. The second-order valence-corrected chi connectivity index (χ2v) is 7.52. The van der Waals surface area contributed by atoms with Gasteiger partial charge in [0.15, 0.2) is 0 Å². The first-order chi connectivity index (χ1) is 8.25. The average Bonchev–Trinajstić information content (AvgIpc) is 2.67. The van der Waals surface area contributed by atoms with Gasteiger partial charge in [-0.15, -0.1) is 11.3 Å². The van der Waals surface area contributed by atoms with Gasteiger partial charge in [0.25, 0.3) is 15.0 Å². The first-order valence-corrected chi connectivity index (χ1v) is 8.24. The summed E-state index contributed by atoms with van der Waals surface area (Å²) in [5, 5.41) is 2.65. The summed E-state index contributed by atoms with van der Waals surface area (Å²) in [6.07, 6.45) is -0.105. The first-order valence-electron chi connectivity index (χ1n) is 5.11. The normalized spacial score (nSPS) is 13.3. The minimum absolute atomic E-state index is 0.0147. The van der Waals surface area contributed by atoms with Crippen LogP contribution >= 0.6 is 22.0 Å². The maximum atomic E-state index is 11.8. The molecule has 0 aliphatic carbocycles. The van der Waals surface area contributed by atoms with E-state index in [0.29, 0.717) is 16.3 Å². The van der Waals surface area contributed by atoms with Crippen molar-refractivity contribution in [3.63, 3.8) is 0 Å². The molecule has 1 atom stereocenters. The molecule has 0 aromatic carbocycles. The third-order valence-electron chi connectivity index (χ3n) is 2.31. The molecule has 1 aromatic heterocycles. The Balaban J connectivity index is 2.83. The molecule has 8 heteroatoms. The summed E-state index contributed by atoms with van der Waals surface area (Å²) in [4.78, 5) is 12.6. The monoisotopic (exact) mass is 311 g/mol. The van der Waals surface area contributed by atoms with E-state index in [1.54, 1.807) is 14.0 Å². The predicted octanol–water partition coefficient (Wildman–Crippen LogP) is 1.75. The van der Waals surface area contributed by atoms with Gasteiger partial charge < -0.3 is 10.1 Å². The number of ether oxygens (including phenoxy) is 1. The highest BCUT2D eigenvalue weighted by Crippen LogP contribution is 2.28. The van der Waals surface area contributed by atoms with E-state index >= 15 is 0 Å². The number of carbonyl (C=O) groups is 1. The van der Waals surface area contributed by atoms with E-state index in [4.69, 9.17) is 15.4 Å². The smallest absolute Gasteiger partial charge is 0.262 e. The lowest BCUT2D eigenvalue weighted by Crippen LogP contribution is -2.31. The third kappa shape index (κ3) is 3.94. The van der Waals surface area contributed by atoms with Crippen LogP contribution < -0.4 is 5.32 Å². The summed E-state index contributed by atoms with van der Waals surface area (Å²) in [5.74, 6) is -0.335. The Labute approximate surface area is 115 Å². The Kier molecular flexibility index (Phi) is 5.15. The summed E-state index contributed by atoms with van der Waals surface area (Å²) in [5.41, 5.74) is 0. The van der Waals surface area contributed by atoms with E-state index in [9.17, 15) is 13.2 Å². The van der Waals surface area contributed by atoms with Crippen molar-refractivity contribution in [1.82, 2.24) is 5.32 Å². The van der Waals surface area contributed by atoms with E-state index in [-0.39, 0.29) is 16.9 Å². The molecule has 0 saturated heterocycles. The summed E-state index contributed by atoms with van der Waals surface area (Å²) >= 11 is 1.09. The Morgan fingerprint density at radius 3 is 2.67 bits per heavy atom. The lowest BCUT2D eigenvalue weighted by Gasteiger charge is -2.09. The van der Waals surface area contributed by atoms with Gasteiger partial charge in [0.1, 0.15) is 0 Å². The van der Waals surface area contributed by atoms with Gasteiger partial charge in [0.2, 0.25) is 0 Å². The molecule has 0 fully saturated rings. The van der Waals surface area contributed by atoms with Crippen LogP contribution in [0.3, 0.4) is 0 Å². The maximum absolute atomic E-state index is 11.8. The van der Waals surface area contributed by atoms with Crippen molar-refractivity contribution >= 4 is 37.0 Å². The van der Waals surface area contributed by atoms with Crippen molar-refractivity contribution in [2.45, 2.75) is 24.8 Å². The SMILES string of the molecule is COC(C)CNC(=O)c1cc(S(=O)(=O)Cl)c(C)s1. The number of hydrogen-bond donors (Lipinski definition) is 1. The molecule has 0 aliphatic heterocycles. The second kappa shape index (κ2) is 6.01. The number of aryl methyl sites for hydroxylation is 1. The fraction of sp³-hybridized carbons (Fsp3) is 0.500. The molecule has 18 heavy (non-hydrogen) atoms. The van der Waals surface area contributed by atoms with Gasteiger partial charge in [0.05, 0.1) is 15.9 Å². The van der Waals surface area contributed by atoms with Gasteiger partial charge in [-0.2, -0.15) is 0 Å². The van der Waals surface area contributed by atoms with Crippen LogP contribution in [0.15, 0.2) is 11.0 Å². The number of amides is 1. The van der Waals surface area contributed by atoms with Crippen LogP contribution in [0.4, 0.5) is 0 Å².